The number of alkyl halides is 3. The summed E-state index contributed by atoms with van der Waals surface area (Å²) in [5.74, 6) is 0.622. The molecule has 0 saturated heterocycles. The molecule has 0 fully saturated rings. The van der Waals surface area contributed by atoms with Crippen LogP contribution in [-0.4, -0.2) is 35.4 Å². The van der Waals surface area contributed by atoms with Crippen LogP contribution in [0.5, 0.6) is 11.5 Å². The molecule has 0 unspecified atom stereocenters. The van der Waals surface area contributed by atoms with Crippen molar-refractivity contribution in [2.45, 2.75) is 19.1 Å². The van der Waals surface area contributed by atoms with Crippen LogP contribution in [0.3, 0.4) is 0 Å². The predicted octanol–water partition coefficient (Wildman–Crippen LogP) is 2.69. The second-order valence-corrected chi connectivity index (χ2v) is 6.01. The summed E-state index contributed by atoms with van der Waals surface area (Å²) in [6.07, 6.45) is -2.93. The Morgan fingerprint density at radius 3 is 2.81 bits per heavy atom. The van der Waals surface area contributed by atoms with E-state index in [9.17, 15) is 18.0 Å². The first-order valence-corrected chi connectivity index (χ1v) is 8.16. The molecule has 0 aliphatic carbocycles. The topological polar surface area (TPSA) is 65.4 Å². The number of rotatable bonds is 5. The van der Waals surface area contributed by atoms with Gasteiger partial charge in [-0.25, -0.2) is 0 Å². The van der Waals surface area contributed by atoms with Crippen molar-refractivity contribution in [3.63, 3.8) is 0 Å². The number of fused-ring (bicyclic) bond motifs is 1. The molecule has 3 rings (SSSR count). The number of hydrogen-bond donors (Lipinski definition) is 1. The lowest BCUT2D eigenvalue weighted by Crippen LogP contribution is -2.29. The molecule has 0 radical (unpaired) electrons. The van der Waals surface area contributed by atoms with Gasteiger partial charge in [0.05, 0.1) is 5.02 Å². The van der Waals surface area contributed by atoms with Gasteiger partial charge in [0.25, 0.3) is 0 Å². The number of aromatic nitrogens is 2. The summed E-state index contributed by atoms with van der Waals surface area (Å²) in [5.41, 5.74) is -0.186. The molecule has 140 valence electrons. The van der Waals surface area contributed by atoms with Gasteiger partial charge in [0.2, 0.25) is 5.91 Å². The van der Waals surface area contributed by atoms with Crippen LogP contribution in [-0.2, 0) is 23.9 Å². The fraction of sp³-hybridized carbons (Fsp3) is 0.375. The minimum absolute atomic E-state index is 0.294. The highest BCUT2D eigenvalue weighted by Crippen LogP contribution is 2.38. The quantitative estimate of drug-likeness (QED) is 0.854. The molecule has 1 N–H and O–H groups in total. The van der Waals surface area contributed by atoms with E-state index < -0.39 is 17.8 Å². The highest BCUT2D eigenvalue weighted by molar-refractivity contribution is 6.32. The first-order chi connectivity index (χ1) is 12.3. The number of ether oxygens (including phenoxy) is 2. The zero-order valence-electron chi connectivity index (χ0n) is 13.5. The number of carbonyl (C=O) groups is 1. The number of halogens is 4. The average molecular weight is 390 g/mol. The van der Waals surface area contributed by atoms with Gasteiger partial charge < -0.3 is 14.8 Å². The van der Waals surface area contributed by atoms with Crippen LogP contribution in [0.2, 0.25) is 5.02 Å². The second kappa shape index (κ2) is 7.45. The third-order valence-electron chi connectivity index (χ3n) is 3.63. The average Bonchev–Trinajstić information content (AvgIpc) is 3.04. The van der Waals surface area contributed by atoms with Crippen molar-refractivity contribution in [2.24, 2.45) is 0 Å². The summed E-state index contributed by atoms with van der Waals surface area (Å²) in [6.45, 7) is 0.874. The Kier molecular flexibility index (Phi) is 5.26. The highest BCUT2D eigenvalue weighted by atomic mass is 35.5. The number of nitrogens with one attached hydrogen (secondary N) is 1. The Balaban J connectivity index is 1.51. The maximum absolute atomic E-state index is 12.5. The lowest BCUT2D eigenvalue weighted by atomic mass is 10.1. The van der Waals surface area contributed by atoms with Crippen LogP contribution in [0.25, 0.3) is 0 Å². The lowest BCUT2D eigenvalue weighted by Gasteiger charge is -2.20. The normalized spacial score (nSPS) is 13.5. The second-order valence-electron chi connectivity index (χ2n) is 5.60. The monoisotopic (exact) mass is 389 g/mol. The van der Waals surface area contributed by atoms with Gasteiger partial charge in [0, 0.05) is 12.7 Å². The fourth-order valence-corrected chi connectivity index (χ4v) is 2.75. The van der Waals surface area contributed by atoms with Gasteiger partial charge in [-0.2, -0.15) is 18.3 Å². The van der Waals surface area contributed by atoms with Crippen molar-refractivity contribution < 1.29 is 27.4 Å². The van der Waals surface area contributed by atoms with Crippen molar-refractivity contribution in [3.05, 3.63) is 40.7 Å². The highest BCUT2D eigenvalue weighted by Gasteiger charge is 2.33. The van der Waals surface area contributed by atoms with E-state index in [0.29, 0.717) is 42.7 Å². The summed E-state index contributed by atoms with van der Waals surface area (Å²) in [7, 11) is 0. The van der Waals surface area contributed by atoms with E-state index in [0.717, 1.165) is 22.5 Å². The zero-order chi connectivity index (χ0) is 18.7. The molecule has 2 aromatic rings. The maximum atomic E-state index is 12.5. The maximum Gasteiger partial charge on any atom is 0.435 e. The molecular formula is C16H15ClF3N3O3. The van der Waals surface area contributed by atoms with Crippen LogP contribution in [0.4, 0.5) is 13.2 Å². The Hall–Kier alpha value is -2.42. The molecule has 2 heterocycles. The predicted molar refractivity (Wildman–Crippen MR) is 86.4 cm³/mol. The fourth-order valence-electron chi connectivity index (χ4n) is 2.46. The standard InChI is InChI=1S/C16H15ClF3N3O3/c17-11-7-10(8-12-15(11)26-6-5-25-12)1-3-21-14(24)9-23-4-2-13(22-23)16(18,19)20/h2,4,7-8H,1,3,5-6,9H2,(H,21,24). The van der Waals surface area contributed by atoms with Gasteiger partial charge >= 0.3 is 6.18 Å². The van der Waals surface area contributed by atoms with E-state index in [1.54, 1.807) is 12.1 Å². The molecule has 1 aromatic carbocycles. The molecule has 10 heteroatoms. The van der Waals surface area contributed by atoms with E-state index in [1.807, 2.05) is 0 Å². The van der Waals surface area contributed by atoms with Gasteiger partial charge in [0.15, 0.2) is 17.2 Å². The number of carbonyl (C=O) groups excluding carboxylic acids is 1. The molecule has 0 bridgehead atoms. The third-order valence-corrected chi connectivity index (χ3v) is 3.91. The van der Waals surface area contributed by atoms with Crippen molar-refractivity contribution in [1.82, 2.24) is 15.1 Å². The molecule has 0 atom stereocenters. The molecule has 0 spiro atoms. The van der Waals surface area contributed by atoms with E-state index in [-0.39, 0.29) is 6.54 Å². The Labute approximate surface area is 151 Å². The summed E-state index contributed by atoms with van der Waals surface area (Å²) >= 11 is 6.14. The smallest absolute Gasteiger partial charge is 0.435 e. The summed E-state index contributed by atoms with van der Waals surface area (Å²) in [5, 5.41) is 6.39. The Morgan fingerprint density at radius 2 is 2.08 bits per heavy atom. The van der Waals surface area contributed by atoms with E-state index in [4.69, 9.17) is 21.1 Å². The number of nitrogens with zero attached hydrogens (tertiary/aromatic N) is 2. The first kappa shape index (κ1) is 18.4. The van der Waals surface area contributed by atoms with Crippen LogP contribution in [0, 0.1) is 0 Å². The van der Waals surface area contributed by atoms with E-state index in [2.05, 4.69) is 10.4 Å². The Bertz CT molecular complexity index is 808. The van der Waals surface area contributed by atoms with Crippen LogP contribution >= 0.6 is 11.6 Å². The molecule has 6 nitrogen and oxygen atoms in total. The molecular weight excluding hydrogens is 375 g/mol. The molecule has 26 heavy (non-hydrogen) atoms. The van der Waals surface area contributed by atoms with Gasteiger partial charge in [-0.05, 0) is 30.2 Å². The van der Waals surface area contributed by atoms with Crippen molar-refractivity contribution in [3.8, 4) is 11.5 Å². The van der Waals surface area contributed by atoms with Crippen molar-refractivity contribution >= 4 is 17.5 Å². The van der Waals surface area contributed by atoms with Gasteiger partial charge in [-0.3, -0.25) is 9.48 Å². The third kappa shape index (κ3) is 4.40. The molecule has 0 saturated carbocycles. The van der Waals surface area contributed by atoms with Crippen LogP contribution in [0.15, 0.2) is 24.4 Å². The summed E-state index contributed by atoms with van der Waals surface area (Å²) < 4.78 is 49.3. The van der Waals surface area contributed by atoms with Crippen molar-refractivity contribution in [1.29, 1.82) is 0 Å². The summed E-state index contributed by atoms with van der Waals surface area (Å²) in [4.78, 5) is 11.8. The lowest BCUT2D eigenvalue weighted by molar-refractivity contribution is -0.141. The largest absolute Gasteiger partial charge is 0.486 e. The molecule has 1 amide bonds. The SMILES string of the molecule is O=C(Cn1ccc(C(F)(F)F)n1)NCCc1cc(Cl)c2c(c1)OCCO2. The van der Waals surface area contributed by atoms with Crippen LogP contribution < -0.4 is 14.8 Å². The first-order valence-electron chi connectivity index (χ1n) is 7.78. The zero-order valence-corrected chi connectivity index (χ0v) is 14.2. The molecule has 1 aromatic heterocycles. The Morgan fingerprint density at radius 1 is 1.31 bits per heavy atom. The number of hydrogen-bond acceptors (Lipinski definition) is 4. The van der Waals surface area contributed by atoms with E-state index in [1.165, 1.54) is 0 Å². The molecule has 1 aliphatic heterocycles. The molecule has 1 aliphatic rings. The number of amides is 1. The number of benzene rings is 1. The minimum Gasteiger partial charge on any atom is -0.486 e. The van der Waals surface area contributed by atoms with Crippen molar-refractivity contribution in [2.75, 3.05) is 19.8 Å². The summed E-state index contributed by atoms with van der Waals surface area (Å²) in [6, 6.07) is 4.34. The van der Waals surface area contributed by atoms with Crippen LogP contribution in [0.1, 0.15) is 11.3 Å². The minimum atomic E-state index is -4.53. The van der Waals surface area contributed by atoms with E-state index >= 15 is 0 Å². The van der Waals surface area contributed by atoms with Gasteiger partial charge in [-0.15, -0.1) is 0 Å². The van der Waals surface area contributed by atoms with Gasteiger partial charge in [0.1, 0.15) is 19.8 Å². The van der Waals surface area contributed by atoms with Gasteiger partial charge in [-0.1, -0.05) is 11.6 Å².